The molecule has 4 aromatic carbocycles. The van der Waals surface area contributed by atoms with Crippen LogP contribution in [0, 0.1) is 6.92 Å². The van der Waals surface area contributed by atoms with Crippen LogP contribution in [0.2, 0.25) is 0 Å². The van der Waals surface area contributed by atoms with Crippen molar-refractivity contribution in [1.82, 2.24) is 9.55 Å². The summed E-state index contributed by atoms with van der Waals surface area (Å²) in [6.07, 6.45) is 1.93. The van der Waals surface area contributed by atoms with Gasteiger partial charge in [0.15, 0.2) is 0 Å². The van der Waals surface area contributed by atoms with Crippen molar-refractivity contribution in [2.75, 3.05) is 0 Å². The molecule has 0 unspecified atom stereocenters. The molecule has 0 saturated heterocycles. The second-order valence-corrected chi connectivity index (χ2v) is 10.2. The fraction of sp³-hybridized carbons (Fsp3) is 0.121. The molecular weight excluding hydrogens is 424 g/mol. The summed E-state index contributed by atoms with van der Waals surface area (Å²) in [7, 11) is 0. The van der Waals surface area contributed by atoms with Crippen molar-refractivity contribution in [3.05, 3.63) is 120 Å². The minimum Gasteiger partial charge on any atom is -0.309 e. The van der Waals surface area contributed by atoms with E-state index in [1.807, 2.05) is 6.20 Å². The lowest BCUT2D eigenvalue weighted by Gasteiger charge is -2.35. The van der Waals surface area contributed by atoms with Crippen molar-refractivity contribution >= 4 is 21.8 Å². The largest absolute Gasteiger partial charge is 0.309 e. The van der Waals surface area contributed by atoms with Crippen LogP contribution in [-0.2, 0) is 5.41 Å². The molecule has 0 atom stereocenters. The molecule has 0 spiro atoms. The predicted octanol–water partition coefficient (Wildman–Crippen LogP) is 8.46. The van der Waals surface area contributed by atoms with E-state index >= 15 is 0 Å². The minimum atomic E-state index is -0.106. The van der Waals surface area contributed by atoms with E-state index in [0.29, 0.717) is 0 Å². The average Bonchev–Trinajstić information content (AvgIpc) is 3.23. The lowest BCUT2D eigenvalue weighted by molar-refractivity contribution is 0.630. The van der Waals surface area contributed by atoms with Gasteiger partial charge in [-0.15, -0.1) is 0 Å². The summed E-state index contributed by atoms with van der Waals surface area (Å²) in [4.78, 5) is 4.64. The molecule has 35 heavy (non-hydrogen) atoms. The van der Waals surface area contributed by atoms with Crippen molar-refractivity contribution in [3.8, 4) is 28.1 Å². The van der Waals surface area contributed by atoms with Gasteiger partial charge in [0.1, 0.15) is 0 Å². The van der Waals surface area contributed by atoms with E-state index in [0.717, 1.165) is 11.3 Å². The van der Waals surface area contributed by atoms with Crippen LogP contribution in [0.25, 0.3) is 49.9 Å². The summed E-state index contributed by atoms with van der Waals surface area (Å²) >= 11 is 0. The van der Waals surface area contributed by atoms with Gasteiger partial charge in [-0.3, -0.25) is 4.98 Å². The Labute approximate surface area is 205 Å². The zero-order chi connectivity index (χ0) is 23.7. The minimum absolute atomic E-state index is 0.106. The highest BCUT2D eigenvalue weighted by Gasteiger charge is 2.35. The van der Waals surface area contributed by atoms with E-state index in [4.69, 9.17) is 0 Å². The zero-order valence-electron chi connectivity index (χ0n) is 20.2. The molecule has 0 bridgehead atoms. The van der Waals surface area contributed by atoms with Gasteiger partial charge in [-0.2, -0.15) is 0 Å². The van der Waals surface area contributed by atoms with Gasteiger partial charge < -0.3 is 4.57 Å². The number of nitrogens with zero attached hydrogens (tertiary/aromatic N) is 2. The molecular formula is C33H26N2. The normalized spacial score (nSPS) is 13.8. The Kier molecular flexibility index (Phi) is 4.14. The smallest absolute Gasteiger partial charge is 0.0702 e. The Morgan fingerprint density at radius 1 is 0.657 bits per heavy atom. The first-order valence-corrected chi connectivity index (χ1v) is 12.2. The summed E-state index contributed by atoms with van der Waals surface area (Å²) in [5, 5.41) is 2.65. The Morgan fingerprint density at radius 3 is 2.29 bits per heavy atom. The van der Waals surface area contributed by atoms with Crippen LogP contribution >= 0.6 is 0 Å². The van der Waals surface area contributed by atoms with E-state index in [1.165, 1.54) is 55.3 Å². The van der Waals surface area contributed by atoms with Gasteiger partial charge in [0.2, 0.25) is 0 Å². The quantitative estimate of drug-likeness (QED) is 0.259. The standard InChI is InChI=1S/C33H26N2/c1-21-14-16-29(34-20-21)24-9-6-8-22(18-24)23-15-17-31-28(19-23)33(2,3)27-12-7-11-26-25-10-4-5-13-30(25)35(31)32(26)27/h4-20H,1-3H3. The summed E-state index contributed by atoms with van der Waals surface area (Å²) < 4.78 is 2.47. The van der Waals surface area contributed by atoms with Crippen molar-refractivity contribution in [3.63, 3.8) is 0 Å². The second kappa shape index (κ2) is 7.16. The average molecular weight is 451 g/mol. The van der Waals surface area contributed by atoms with E-state index in [-0.39, 0.29) is 5.41 Å². The van der Waals surface area contributed by atoms with E-state index in [1.54, 1.807) is 0 Å². The maximum atomic E-state index is 4.64. The Morgan fingerprint density at radius 2 is 1.43 bits per heavy atom. The second-order valence-electron chi connectivity index (χ2n) is 10.2. The van der Waals surface area contributed by atoms with Crippen LogP contribution in [0.1, 0.15) is 30.5 Å². The molecule has 0 amide bonds. The first kappa shape index (κ1) is 20.2. The van der Waals surface area contributed by atoms with Crippen molar-refractivity contribution in [2.45, 2.75) is 26.2 Å². The number of hydrogen-bond donors (Lipinski definition) is 0. The van der Waals surface area contributed by atoms with Gasteiger partial charge in [-0.05, 0) is 65.1 Å². The van der Waals surface area contributed by atoms with Crippen molar-refractivity contribution < 1.29 is 0 Å². The van der Waals surface area contributed by atoms with Crippen LogP contribution in [-0.4, -0.2) is 9.55 Å². The van der Waals surface area contributed by atoms with Crippen LogP contribution in [0.15, 0.2) is 103 Å². The van der Waals surface area contributed by atoms with Crippen LogP contribution in [0.5, 0.6) is 0 Å². The molecule has 0 radical (unpaired) electrons. The lowest BCUT2D eigenvalue weighted by atomic mass is 9.74. The SMILES string of the molecule is Cc1ccc(-c2cccc(-c3ccc4c(c3)C(C)(C)c3cccc5c6ccccc6n-4c35)c2)nc1. The van der Waals surface area contributed by atoms with Gasteiger partial charge in [-0.25, -0.2) is 0 Å². The monoisotopic (exact) mass is 450 g/mol. The first-order chi connectivity index (χ1) is 17.0. The van der Waals surface area contributed by atoms with Crippen molar-refractivity contribution in [2.24, 2.45) is 0 Å². The van der Waals surface area contributed by atoms with Gasteiger partial charge in [-0.1, -0.05) is 80.6 Å². The molecule has 1 aliphatic rings. The summed E-state index contributed by atoms with van der Waals surface area (Å²) in [5.74, 6) is 0. The Hall–Kier alpha value is -4.17. The maximum Gasteiger partial charge on any atom is 0.0702 e. The first-order valence-electron chi connectivity index (χ1n) is 12.2. The fourth-order valence-corrected chi connectivity index (χ4v) is 5.83. The van der Waals surface area contributed by atoms with Gasteiger partial charge in [0, 0.05) is 27.9 Å². The highest BCUT2D eigenvalue weighted by Crippen LogP contribution is 2.48. The molecule has 2 aromatic heterocycles. The fourth-order valence-electron chi connectivity index (χ4n) is 5.83. The predicted molar refractivity (Wildman–Crippen MR) is 146 cm³/mol. The molecule has 0 fully saturated rings. The number of hydrogen-bond acceptors (Lipinski definition) is 1. The molecule has 2 nitrogen and oxygen atoms in total. The van der Waals surface area contributed by atoms with E-state index in [2.05, 4.69) is 127 Å². The van der Waals surface area contributed by atoms with Gasteiger partial charge in [0.25, 0.3) is 0 Å². The number of fused-ring (bicyclic) bond motifs is 5. The number of pyridine rings is 1. The molecule has 168 valence electrons. The highest BCUT2D eigenvalue weighted by molar-refractivity contribution is 6.11. The van der Waals surface area contributed by atoms with Gasteiger partial charge >= 0.3 is 0 Å². The number of aromatic nitrogens is 2. The number of aryl methyl sites for hydroxylation is 1. The summed E-state index contributed by atoms with van der Waals surface area (Å²) in [5.41, 5.74) is 12.3. The molecule has 1 aliphatic heterocycles. The van der Waals surface area contributed by atoms with Crippen molar-refractivity contribution in [1.29, 1.82) is 0 Å². The van der Waals surface area contributed by atoms with E-state index in [9.17, 15) is 0 Å². The molecule has 0 aliphatic carbocycles. The third kappa shape index (κ3) is 2.86. The van der Waals surface area contributed by atoms with Crippen LogP contribution in [0.3, 0.4) is 0 Å². The highest BCUT2D eigenvalue weighted by atomic mass is 15.0. The Bertz CT molecular complexity index is 1770. The molecule has 7 rings (SSSR count). The zero-order valence-corrected chi connectivity index (χ0v) is 20.2. The molecule has 6 aromatic rings. The lowest BCUT2D eigenvalue weighted by Crippen LogP contribution is -2.26. The number of para-hydroxylation sites is 2. The molecule has 3 heterocycles. The third-order valence-corrected chi connectivity index (χ3v) is 7.68. The van der Waals surface area contributed by atoms with E-state index < -0.39 is 0 Å². The maximum absolute atomic E-state index is 4.64. The van der Waals surface area contributed by atoms with Crippen LogP contribution < -0.4 is 0 Å². The number of rotatable bonds is 2. The molecule has 2 heteroatoms. The third-order valence-electron chi connectivity index (χ3n) is 7.68. The summed E-state index contributed by atoms with van der Waals surface area (Å²) in [6.45, 7) is 6.79. The topological polar surface area (TPSA) is 17.8 Å². The van der Waals surface area contributed by atoms with Gasteiger partial charge in [0.05, 0.1) is 22.4 Å². The Balaban J connectivity index is 1.45. The van der Waals surface area contributed by atoms with Crippen LogP contribution in [0.4, 0.5) is 0 Å². The molecule has 0 saturated carbocycles. The summed E-state index contributed by atoms with van der Waals surface area (Å²) in [6, 6.07) is 35.5. The number of benzene rings is 4. The molecule has 0 N–H and O–H groups in total.